The fraction of sp³-hybridized carbons (Fsp3) is 0.600. The van der Waals surface area contributed by atoms with Crippen LogP contribution in [-0.2, 0) is 20.5 Å². The van der Waals surface area contributed by atoms with E-state index in [1.165, 1.54) is 89.9 Å². The molecule has 3 rings (SSSR count). The first kappa shape index (κ1) is 40.7. The Labute approximate surface area is 296 Å². The summed E-state index contributed by atoms with van der Waals surface area (Å²) in [4.78, 5) is 22.9. The molecule has 1 aromatic heterocycles. The number of nitrogens with one attached hydrogen (secondary N) is 1. The van der Waals surface area contributed by atoms with Gasteiger partial charge < -0.3 is 24.2 Å². The van der Waals surface area contributed by atoms with Crippen LogP contribution in [-0.4, -0.2) is 43.5 Å². The molecule has 0 radical (unpaired) electrons. The zero-order valence-corrected chi connectivity index (χ0v) is 31.1. The second kappa shape index (κ2) is 26.1. The average molecular weight is 698 g/mol. The Morgan fingerprint density at radius 2 is 1.35 bits per heavy atom. The molecule has 9 heteroatoms. The zero-order valence-electron chi connectivity index (χ0n) is 30.2. The number of ether oxygens (including phenoxy) is 2. The van der Waals surface area contributed by atoms with E-state index in [1.807, 2.05) is 55.6 Å². The van der Waals surface area contributed by atoms with Crippen molar-refractivity contribution in [2.24, 2.45) is 0 Å². The van der Waals surface area contributed by atoms with E-state index in [1.54, 1.807) is 0 Å². The van der Waals surface area contributed by atoms with Crippen LogP contribution in [0.4, 0.5) is 4.79 Å². The molecule has 0 aliphatic heterocycles. The molecule has 1 heterocycles. The third kappa shape index (κ3) is 17.6. The summed E-state index contributed by atoms with van der Waals surface area (Å²) in [6.45, 7) is 5.79. The normalized spacial score (nSPS) is 12.6. The van der Waals surface area contributed by atoms with Gasteiger partial charge in [0.25, 0.3) is 0 Å². The fourth-order valence-electron chi connectivity index (χ4n) is 5.99. The Hall–Kier alpha value is -2.77. The smallest absolute Gasteiger partial charge is 0.407 e. The molecule has 0 fully saturated rings. The lowest BCUT2D eigenvalue weighted by Crippen LogP contribution is -2.34. The summed E-state index contributed by atoms with van der Waals surface area (Å²) in [5.41, 5.74) is 2.02. The third-order valence-corrected chi connectivity index (χ3v) is 9.47. The molecule has 3 aromatic rings. The number of fused-ring (bicyclic) bond motifs is 1. The predicted octanol–water partition coefficient (Wildman–Crippen LogP) is 10.2. The van der Waals surface area contributed by atoms with Gasteiger partial charge in [0, 0.05) is 30.7 Å². The highest BCUT2D eigenvalue weighted by molar-refractivity contribution is 7.41. The third-order valence-electron chi connectivity index (χ3n) is 8.75. The van der Waals surface area contributed by atoms with Crippen molar-refractivity contribution in [1.82, 2.24) is 5.32 Å². The second-order valence-electron chi connectivity index (χ2n) is 12.8. The quantitative estimate of drug-likeness (QED) is 0.0446. The number of carbonyl (C=O) groups excluding carboxylic acids is 1. The maximum atomic E-state index is 12.3. The summed E-state index contributed by atoms with van der Waals surface area (Å²) in [5, 5.41) is 3.98. The first-order chi connectivity index (χ1) is 24.1. The molecule has 0 bridgehead atoms. The fourth-order valence-corrected chi connectivity index (χ4v) is 6.68. The minimum absolute atomic E-state index is 0.0239. The van der Waals surface area contributed by atoms with E-state index in [0.717, 1.165) is 29.3 Å². The first-order valence-electron chi connectivity index (χ1n) is 18.9. The SMILES string of the molecule is CCCCCCCCCCCCCCCCCCNC(=O)OCC(COP(O)Oc1ccccc1C[n+]1cccc2ccccc21)OCC. The number of hydrogen-bond donors (Lipinski definition) is 2. The van der Waals surface area contributed by atoms with Crippen LogP contribution in [0.2, 0.25) is 0 Å². The van der Waals surface area contributed by atoms with Crippen LogP contribution in [0.25, 0.3) is 10.9 Å². The minimum Gasteiger partial charge on any atom is -0.447 e. The number of aromatic nitrogens is 1. The van der Waals surface area contributed by atoms with Gasteiger partial charge in [-0.05, 0) is 37.6 Å². The highest BCUT2D eigenvalue weighted by Crippen LogP contribution is 2.37. The monoisotopic (exact) mass is 697 g/mol. The molecular formula is C40H62N2O6P+. The van der Waals surface area contributed by atoms with Gasteiger partial charge in [0.05, 0.1) is 12.2 Å². The summed E-state index contributed by atoms with van der Waals surface area (Å²) in [7, 11) is -2.22. The summed E-state index contributed by atoms with van der Waals surface area (Å²) in [6.07, 6.45) is 22.2. The van der Waals surface area contributed by atoms with Crippen molar-refractivity contribution < 1.29 is 32.8 Å². The van der Waals surface area contributed by atoms with Crippen LogP contribution in [0, 0.1) is 0 Å². The van der Waals surface area contributed by atoms with Crippen LogP contribution in [0.1, 0.15) is 122 Å². The molecule has 0 saturated carbocycles. The van der Waals surface area contributed by atoms with E-state index in [9.17, 15) is 9.69 Å². The summed E-state index contributed by atoms with van der Waals surface area (Å²) in [5.74, 6) is 0.550. The number of nitrogens with zero attached hydrogens (tertiary/aromatic N) is 1. The van der Waals surface area contributed by atoms with E-state index in [0.29, 0.717) is 25.4 Å². The molecule has 49 heavy (non-hydrogen) atoms. The van der Waals surface area contributed by atoms with E-state index in [-0.39, 0.29) is 13.2 Å². The van der Waals surface area contributed by atoms with Crippen molar-refractivity contribution in [2.75, 3.05) is 26.4 Å². The molecule has 2 aromatic carbocycles. The minimum atomic E-state index is -2.22. The molecule has 272 valence electrons. The molecule has 0 saturated heterocycles. The Bertz CT molecular complexity index is 1290. The number of para-hydroxylation sites is 2. The van der Waals surface area contributed by atoms with Crippen LogP contribution >= 0.6 is 8.60 Å². The van der Waals surface area contributed by atoms with Gasteiger partial charge in [-0.3, -0.25) is 4.52 Å². The Balaban J connectivity index is 1.23. The molecule has 0 aliphatic rings. The Morgan fingerprint density at radius 3 is 2.02 bits per heavy atom. The highest BCUT2D eigenvalue weighted by atomic mass is 31.2. The number of unbranched alkanes of at least 4 members (excludes halogenated alkanes) is 15. The van der Waals surface area contributed by atoms with Crippen molar-refractivity contribution in [3.8, 4) is 5.75 Å². The number of hydrogen-bond acceptors (Lipinski definition) is 6. The topological polar surface area (TPSA) is 90.1 Å². The van der Waals surface area contributed by atoms with E-state index < -0.39 is 20.8 Å². The molecule has 0 spiro atoms. The van der Waals surface area contributed by atoms with Crippen molar-refractivity contribution in [3.05, 3.63) is 72.4 Å². The van der Waals surface area contributed by atoms with Crippen LogP contribution in [0.15, 0.2) is 66.9 Å². The molecule has 0 aliphatic carbocycles. The molecular weight excluding hydrogens is 635 g/mol. The number of amides is 1. The standard InChI is InChI=1S/C40H61N2O6P/c1-3-5-6-7-8-9-10-11-12-13-14-15-16-17-18-23-30-41-40(43)46-33-37(45-4-2)34-47-49(44)48-39-29-22-20-26-36(39)32-42-31-24-27-35-25-19-21-28-38(35)42/h19-22,24-29,31,37,44H,3-18,23,30,32-34H2,1-2H3/p+1. The van der Waals surface area contributed by atoms with Crippen molar-refractivity contribution in [2.45, 2.75) is 129 Å². The number of rotatable bonds is 28. The Morgan fingerprint density at radius 1 is 0.755 bits per heavy atom. The van der Waals surface area contributed by atoms with E-state index in [2.05, 4.69) is 35.0 Å². The van der Waals surface area contributed by atoms with E-state index >= 15 is 0 Å². The van der Waals surface area contributed by atoms with Gasteiger partial charge in [-0.1, -0.05) is 128 Å². The average Bonchev–Trinajstić information content (AvgIpc) is 3.11. The number of benzene rings is 2. The van der Waals surface area contributed by atoms with Crippen molar-refractivity contribution in [1.29, 1.82) is 0 Å². The highest BCUT2D eigenvalue weighted by Gasteiger charge is 2.20. The van der Waals surface area contributed by atoms with Crippen LogP contribution in [0.3, 0.4) is 0 Å². The van der Waals surface area contributed by atoms with Crippen molar-refractivity contribution >= 4 is 25.6 Å². The van der Waals surface area contributed by atoms with Gasteiger partial charge in [0.2, 0.25) is 5.52 Å². The predicted molar refractivity (Wildman–Crippen MR) is 200 cm³/mol. The summed E-state index contributed by atoms with van der Waals surface area (Å²) < 4.78 is 24.7. The molecule has 2 N–H and O–H groups in total. The second-order valence-corrected chi connectivity index (χ2v) is 13.7. The lowest BCUT2D eigenvalue weighted by atomic mass is 10.0. The Kier molecular flexibility index (Phi) is 21.7. The number of alkyl carbamates (subject to hydrolysis) is 1. The summed E-state index contributed by atoms with van der Waals surface area (Å²) in [6, 6.07) is 19.9. The molecule has 2 atom stereocenters. The van der Waals surface area contributed by atoms with E-state index in [4.69, 9.17) is 18.5 Å². The van der Waals surface area contributed by atoms with Gasteiger partial charge in [-0.2, -0.15) is 4.57 Å². The molecule has 8 nitrogen and oxygen atoms in total. The maximum Gasteiger partial charge on any atom is 0.407 e. The summed E-state index contributed by atoms with van der Waals surface area (Å²) >= 11 is 0. The number of pyridine rings is 1. The lowest BCUT2D eigenvalue weighted by molar-refractivity contribution is -0.662. The van der Waals surface area contributed by atoms with Gasteiger partial charge in [-0.25, -0.2) is 4.79 Å². The van der Waals surface area contributed by atoms with Crippen molar-refractivity contribution in [3.63, 3.8) is 0 Å². The maximum absolute atomic E-state index is 12.3. The lowest BCUT2D eigenvalue weighted by Gasteiger charge is -2.19. The largest absolute Gasteiger partial charge is 0.447 e. The molecule has 2 unspecified atom stereocenters. The number of carbonyl (C=O) groups is 1. The van der Waals surface area contributed by atoms with Gasteiger partial charge in [-0.15, -0.1) is 0 Å². The van der Waals surface area contributed by atoms with Crippen LogP contribution in [0.5, 0.6) is 5.75 Å². The van der Waals surface area contributed by atoms with Gasteiger partial charge in [0.15, 0.2) is 12.7 Å². The molecule has 1 amide bonds. The van der Waals surface area contributed by atoms with Gasteiger partial charge >= 0.3 is 14.7 Å². The zero-order chi connectivity index (χ0) is 34.8. The van der Waals surface area contributed by atoms with Crippen LogP contribution < -0.4 is 14.4 Å². The first-order valence-corrected chi connectivity index (χ1v) is 20.0. The van der Waals surface area contributed by atoms with Gasteiger partial charge in [0.1, 0.15) is 18.5 Å².